The van der Waals surface area contributed by atoms with E-state index in [1.165, 1.54) is 11.3 Å². The van der Waals surface area contributed by atoms with Gasteiger partial charge in [-0.05, 0) is 31.9 Å². The summed E-state index contributed by atoms with van der Waals surface area (Å²) in [6.45, 7) is 5.77. The number of nitrogens with one attached hydrogen (secondary N) is 1. The van der Waals surface area contributed by atoms with Gasteiger partial charge in [0.25, 0.3) is 5.91 Å². The molecule has 0 saturated heterocycles. The van der Waals surface area contributed by atoms with E-state index < -0.39 is 11.4 Å². The summed E-state index contributed by atoms with van der Waals surface area (Å²) in [4.78, 5) is 24.8. The highest BCUT2D eigenvalue weighted by molar-refractivity contribution is 7.13. The molecule has 0 radical (unpaired) electrons. The van der Waals surface area contributed by atoms with Gasteiger partial charge in [-0.1, -0.05) is 13.8 Å². The fraction of sp³-hybridized carbons (Fsp3) is 0.538. The van der Waals surface area contributed by atoms with Crippen molar-refractivity contribution in [2.24, 2.45) is 5.41 Å². The molecule has 4 nitrogen and oxygen atoms in total. The molecular weight excluding hydrogens is 250 g/mol. The fourth-order valence-electron chi connectivity index (χ4n) is 1.77. The number of rotatable bonds is 6. The molecule has 0 aliphatic carbocycles. The normalized spacial score (nSPS) is 11.3. The zero-order valence-corrected chi connectivity index (χ0v) is 11.8. The number of hydrogen-bond acceptors (Lipinski definition) is 3. The first kappa shape index (κ1) is 14.7. The van der Waals surface area contributed by atoms with E-state index in [2.05, 4.69) is 5.32 Å². The molecular formula is C13H19NO3S. The lowest BCUT2D eigenvalue weighted by molar-refractivity contribution is -0.149. The van der Waals surface area contributed by atoms with Crippen LogP contribution < -0.4 is 5.32 Å². The van der Waals surface area contributed by atoms with E-state index in [1.54, 1.807) is 6.07 Å². The minimum absolute atomic E-state index is 0.172. The van der Waals surface area contributed by atoms with Crippen LogP contribution in [0.5, 0.6) is 0 Å². The first-order chi connectivity index (χ1) is 8.45. The monoisotopic (exact) mass is 269 g/mol. The summed E-state index contributed by atoms with van der Waals surface area (Å²) < 4.78 is 0. The number of thiophene rings is 1. The van der Waals surface area contributed by atoms with Crippen LogP contribution in [0.1, 0.15) is 41.2 Å². The van der Waals surface area contributed by atoms with Gasteiger partial charge in [0.05, 0.1) is 10.3 Å². The van der Waals surface area contributed by atoms with Crippen LogP contribution in [0.4, 0.5) is 0 Å². The van der Waals surface area contributed by atoms with Gasteiger partial charge in [-0.3, -0.25) is 9.59 Å². The summed E-state index contributed by atoms with van der Waals surface area (Å²) in [7, 11) is 0. The van der Waals surface area contributed by atoms with Crippen molar-refractivity contribution < 1.29 is 14.7 Å². The lowest BCUT2D eigenvalue weighted by Crippen LogP contribution is -2.42. The fourth-order valence-corrected chi connectivity index (χ4v) is 2.56. The Labute approximate surface area is 111 Å². The number of hydrogen-bond donors (Lipinski definition) is 2. The molecule has 2 N–H and O–H groups in total. The van der Waals surface area contributed by atoms with Crippen molar-refractivity contribution in [3.05, 3.63) is 21.9 Å². The van der Waals surface area contributed by atoms with Crippen LogP contribution in [0.3, 0.4) is 0 Å². The van der Waals surface area contributed by atoms with E-state index in [4.69, 9.17) is 0 Å². The van der Waals surface area contributed by atoms with Gasteiger partial charge in [0.1, 0.15) is 0 Å². The Balaban J connectivity index is 2.69. The van der Waals surface area contributed by atoms with Crippen molar-refractivity contribution in [3.63, 3.8) is 0 Å². The van der Waals surface area contributed by atoms with Crippen LogP contribution >= 0.6 is 11.3 Å². The Morgan fingerprint density at radius 3 is 2.33 bits per heavy atom. The van der Waals surface area contributed by atoms with Gasteiger partial charge in [0, 0.05) is 11.4 Å². The topological polar surface area (TPSA) is 66.4 Å². The minimum atomic E-state index is -0.859. The second-order valence-electron chi connectivity index (χ2n) is 4.39. The van der Waals surface area contributed by atoms with Crippen LogP contribution in [-0.2, 0) is 4.79 Å². The van der Waals surface area contributed by atoms with E-state index >= 15 is 0 Å². The molecule has 1 heterocycles. The molecule has 0 unspecified atom stereocenters. The Morgan fingerprint density at radius 1 is 1.33 bits per heavy atom. The van der Waals surface area contributed by atoms with Gasteiger partial charge in [-0.2, -0.15) is 0 Å². The van der Waals surface area contributed by atoms with Crippen molar-refractivity contribution in [3.8, 4) is 0 Å². The summed E-state index contributed by atoms with van der Waals surface area (Å²) in [5.41, 5.74) is -0.859. The Kier molecular flexibility index (Phi) is 4.90. The summed E-state index contributed by atoms with van der Waals surface area (Å²) >= 11 is 1.41. The summed E-state index contributed by atoms with van der Waals surface area (Å²) in [5.74, 6) is -1.05. The molecule has 0 atom stereocenters. The average Bonchev–Trinajstić information content (AvgIpc) is 2.77. The Morgan fingerprint density at radius 2 is 1.94 bits per heavy atom. The van der Waals surface area contributed by atoms with Gasteiger partial charge >= 0.3 is 5.97 Å². The van der Waals surface area contributed by atoms with Gasteiger partial charge in [0.2, 0.25) is 0 Å². The number of carboxylic acid groups (broad SMARTS) is 1. The van der Waals surface area contributed by atoms with Crippen molar-refractivity contribution in [1.82, 2.24) is 5.32 Å². The van der Waals surface area contributed by atoms with E-state index in [0.29, 0.717) is 17.7 Å². The second kappa shape index (κ2) is 6.00. The quantitative estimate of drug-likeness (QED) is 0.834. The van der Waals surface area contributed by atoms with Crippen molar-refractivity contribution in [2.45, 2.75) is 33.6 Å². The van der Waals surface area contributed by atoms with Crippen molar-refractivity contribution >= 4 is 23.2 Å². The maximum absolute atomic E-state index is 11.9. The van der Waals surface area contributed by atoms with Crippen molar-refractivity contribution in [2.75, 3.05) is 6.54 Å². The molecule has 1 aromatic heterocycles. The largest absolute Gasteiger partial charge is 0.481 e. The van der Waals surface area contributed by atoms with Crippen LogP contribution in [-0.4, -0.2) is 23.5 Å². The predicted molar refractivity (Wildman–Crippen MR) is 72.0 cm³/mol. The van der Waals surface area contributed by atoms with Gasteiger partial charge in [-0.25, -0.2) is 0 Å². The second-order valence-corrected chi connectivity index (χ2v) is 5.67. The zero-order chi connectivity index (χ0) is 13.8. The summed E-state index contributed by atoms with van der Waals surface area (Å²) in [6.07, 6.45) is 1.01. The van der Waals surface area contributed by atoms with Crippen molar-refractivity contribution in [1.29, 1.82) is 0 Å². The maximum atomic E-state index is 11.9. The highest BCUT2D eigenvalue weighted by Gasteiger charge is 2.35. The molecule has 0 aliphatic heterocycles. The number of aliphatic carboxylic acids is 1. The molecule has 1 amide bonds. The van der Waals surface area contributed by atoms with Crippen LogP contribution in [0.2, 0.25) is 0 Å². The molecule has 1 aromatic rings. The molecule has 0 bridgehead atoms. The lowest BCUT2D eigenvalue weighted by Gasteiger charge is -2.26. The third kappa shape index (κ3) is 3.10. The van der Waals surface area contributed by atoms with Crippen LogP contribution in [0.25, 0.3) is 0 Å². The molecule has 5 heteroatoms. The summed E-state index contributed by atoms with van der Waals surface area (Å²) in [6, 6.07) is 3.64. The van der Waals surface area contributed by atoms with Crippen LogP contribution in [0, 0.1) is 12.3 Å². The van der Waals surface area contributed by atoms with E-state index in [1.807, 2.05) is 26.8 Å². The Bertz CT molecular complexity index is 435. The van der Waals surface area contributed by atoms with Crippen LogP contribution in [0.15, 0.2) is 12.1 Å². The number of carbonyl (C=O) groups is 2. The SMILES string of the molecule is CCC(CC)(CNC(=O)c1ccc(C)s1)C(=O)O. The molecule has 100 valence electrons. The first-order valence-corrected chi connectivity index (χ1v) is 6.85. The standard InChI is InChI=1S/C13H19NO3S/c1-4-13(5-2,12(16)17)8-14-11(15)10-7-6-9(3)18-10/h6-7H,4-5,8H2,1-3H3,(H,14,15)(H,16,17). The number of carboxylic acids is 1. The van der Waals surface area contributed by atoms with E-state index in [-0.39, 0.29) is 12.5 Å². The predicted octanol–water partition coefficient (Wildman–Crippen LogP) is 2.68. The first-order valence-electron chi connectivity index (χ1n) is 6.03. The Hall–Kier alpha value is -1.36. The average molecular weight is 269 g/mol. The van der Waals surface area contributed by atoms with E-state index in [0.717, 1.165) is 4.88 Å². The molecule has 18 heavy (non-hydrogen) atoms. The molecule has 0 saturated carbocycles. The summed E-state index contributed by atoms with van der Waals surface area (Å²) in [5, 5.41) is 12.0. The van der Waals surface area contributed by atoms with E-state index in [9.17, 15) is 14.7 Å². The molecule has 0 spiro atoms. The minimum Gasteiger partial charge on any atom is -0.481 e. The smallest absolute Gasteiger partial charge is 0.311 e. The molecule has 0 aliphatic rings. The molecule has 1 rings (SSSR count). The molecule has 0 fully saturated rings. The third-order valence-electron chi connectivity index (χ3n) is 3.36. The zero-order valence-electron chi connectivity index (χ0n) is 10.9. The van der Waals surface area contributed by atoms with Gasteiger partial charge in [0.15, 0.2) is 0 Å². The lowest BCUT2D eigenvalue weighted by atomic mass is 9.82. The highest BCUT2D eigenvalue weighted by atomic mass is 32.1. The third-order valence-corrected chi connectivity index (χ3v) is 4.36. The number of amides is 1. The van der Waals surface area contributed by atoms with Gasteiger partial charge in [-0.15, -0.1) is 11.3 Å². The number of carbonyl (C=O) groups excluding carboxylic acids is 1. The number of aryl methyl sites for hydroxylation is 1. The molecule has 0 aromatic carbocycles. The maximum Gasteiger partial charge on any atom is 0.311 e. The van der Waals surface area contributed by atoms with Gasteiger partial charge < -0.3 is 10.4 Å². The highest BCUT2D eigenvalue weighted by Crippen LogP contribution is 2.26.